The zero-order valence-electron chi connectivity index (χ0n) is 16.3. The number of aryl methyl sites for hydroxylation is 1. The fourth-order valence-electron chi connectivity index (χ4n) is 5.71. The van der Waals surface area contributed by atoms with E-state index < -0.39 is 0 Å². The predicted molar refractivity (Wildman–Crippen MR) is 128 cm³/mol. The third kappa shape index (κ3) is 1.85. The molecule has 7 rings (SSSR count). The van der Waals surface area contributed by atoms with Crippen LogP contribution in [0.5, 0.6) is 0 Å². The quantitative estimate of drug-likeness (QED) is 0.127. The van der Waals surface area contributed by atoms with Crippen LogP contribution in [0.25, 0.3) is 64.6 Å². The average Bonchev–Trinajstić information content (AvgIpc) is 2.77. The standard InChI is InChI=1S/C29H20/c1-2-3-4-5-21-16-22-13-12-19-9-7-17-6-8-18-10-11-20-14-15-23(21)29-27(20)25(18)24(17)26(19)28(22)29/h2,6-16H,1,3-5H2. The van der Waals surface area contributed by atoms with E-state index in [0.29, 0.717) is 0 Å². The minimum atomic E-state index is 1.07. The van der Waals surface area contributed by atoms with Gasteiger partial charge in [-0.05, 0) is 89.5 Å². The molecule has 29 heavy (non-hydrogen) atoms. The molecule has 0 bridgehead atoms. The predicted octanol–water partition coefficient (Wildman–Crippen LogP) is 8.43. The molecule has 136 valence electrons. The van der Waals surface area contributed by atoms with Gasteiger partial charge in [-0.1, -0.05) is 72.8 Å². The lowest BCUT2D eigenvalue weighted by atomic mass is 9.81. The molecule has 7 aromatic carbocycles. The third-order valence-corrected chi connectivity index (χ3v) is 6.94. The SMILES string of the molecule is C=CCCCc1cc2ccc3ccc4ccc5ccc6ccc1c1c6c5c4c3c21. The normalized spacial score (nSPS) is 12.7. The van der Waals surface area contributed by atoms with Gasteiger partial charge in [0.1, 0.15) is 0 Å². The number of hydrogen-bond donors (Lipinski definition) is 0. The second-order valence-electron chi connectivity index (χ2n) is 8.46. The van der Waals surface area contributed by atoms with Crippen molar-refractivity contribution in [2.24, 2.45) is 0 Å². The van der Waals surface area contributed by atoms with Gasteiger partial charge in [-0.2, -0.15) is 0 Å². The highest BCUT2D eigenvalue weighted by molar-refractivity contribution is 6.44. The van der Waals surface area contributed by atoms with Crippen LogP contribution in [0.4, 0.5) is 0 Å². The number of rotatable bonds is 4. The summed E-state index contributed by atoms with van der Waals surface area (Å²) in [4.78, 5) is 0. The van der Waals surface area contributed by atoms with E-state index in [1.165, 1.54) is 70.2 Å². The van der Waals surface area contributed by atoms with Gasteiger partial charge in [0, 0.05) is 0 Å². The molecule has 0 unspecified atom stereocenters. The highest BCUT2D eigenvalue weighted by Gasteiger charge is 2.20. The summed E-state index contributed by atoms with van der Waals surface area (Å²) in [7, 11) is 0. The summed E-state index contributed by atoms with van der Waals surface area (Å²) in [6.07, 6.45) is 5.36. The Hall–Kier alpha value is -3.38. The van der Waals surface area contributed by atoms with Crippen LogP contribution in [0.3, 0.4) is 0 Å². The topological polar surface area (TPSA) is 0 Å². The summed E-state index contributed by atoms with van der Waals surface area (Å²) in [5, 5.41) is 16.9. The molecule has 0 fully saturated rings. The van der Waals surface area contributed by atoms with Crippen LogP contribution in [0.15, 0.2) is 79.4 Å². The Morgan fingerprint density at radius 3 is 1.55 bits per heavy atom. The Bertz CT molecular complexity index is 1620. The van der Waals surface area contributed by atoms with Crippen molar-refractivity contribution in [1.29, 1.82) is 0 Å². The Morgan fingerprint density at radius 1 is 0.552 bits per heavy atom. The third-order valence-electron chi connectivity index (χ3n) is 6.94. The van der Waals surface area contributed by atoms with Crippen molar-refractivity contribution in [3.05, 3.63) is 84.9 Å². The molecule has 0 spiro atoms. The van der Waals surface area contributed by atoms with Gasteiger partial charge in [0.2, 0.25) is 0 Å². The molecular formula is C29H20. The van der Waals surface area contributed by atoms with Crippen molar-refractivity contribution >= 4 is 64.6 Å². The summed E-state index contributed by atoms with van der Waals surface area (Å²) >= 11 is 0. The maximum absolute atomic E-state index is 3.90. The molecule has 7 aromatic rings. The number of unbranched alkanes of at least 4 members (excludes halogenated alkanes) is 1. The van der Waals surface area contributed by atoms with E-state index in [2.05, 4.69) is 73.3 Å². The highest BCUT2D eigenvalue weighted by Crippen LogP contribution is 2.48. The van der Waals surface area contributed by atoms with Crippen molar-refractivity contribution < 1.29 is 0 Å². The average molecular weight is 368 g/mol. The van der Waals surface area contributed by atoms with Gasteiger partial charge in [-0.3, -0.25) is 0 Å². The highest BCUT2D eigenvalue weighted by atomic mass is 14.2. The Morgan fingerprint density at radius 2 is 1.00 bits per heavy atom. The first kappa shape index (κ1) is 15.5. The van der Waals surface area contributed by atoms with Crippen molar-refractivity contribution in [3.8, 4) is 0 Å². The summed E-state index contributed by atoms with van der Waals surface area (Å²) < 4.78 is 0. The Kier molecular flexibility index (Phi) is 2.87. The van der Waals surface area contributed by atoms with Crippen molar-refractivity contribution in [2.45, 2.75) is 19.3 Å². The summed E-state index contributed by atoms with van der Waals surface area (Å²) in [6.45, 7) is 3.90. The lowest BCUT2D eigenvalue weighted by Gasteiger charge is -2.22. The monoisotopic (exact) mass is 368 g/mol. The van der Waals surface area contributed by atoms with E-state index in [9.17, 15) is 0 Å². The number of hydrogen-bond acceptors (Lipinski definition) is 0. The molecule has 0 heteroatoms. The van der Waals surface area contributed by atoms with Crippen molar-refractivity contribution in [2.75, 3.05) is 0 Å². The van der Waals surface area contributed by atoms with Gasteiger partial charge in [0.25, 0.3) is 0 Å². The van der Waals surface area contributed by atoms with E-state index in [-0.39, 0.29) is 0 Å². The van der Waals surface area contributed by atoms with Crippen molar-refractivity contribution in [1.82, 2.24) is 0 Å². The maximum Gasteiger partial charge on any atom is -0.00111 e. The molecule has 0 aliphatic heterocycles. The second kappa shape index (κ2) is 5.36. The molecule has 0 nitrogen and oxygen atoms in total. The minimum Gasteiger partial charge on any atom is -0.103 e. The van der Waals surface area contributed by atoms with Crippen LogP contribution in [0, 0.1) is 0 Å². The zero-order chi connectivity index (χ0) is 19.1. The molecular weight excluding hydrogens is 348 g/mol. The fraction of sp³-hybridized carbons (Fsp3) is 0.103. The smallest absolute Gasteiger partial charge is 0.00111 e. The lowest BCUT2D eigenvalue weighted by molar-refractivity contribution is 0.850. The molecule has 0 amide bonds. The van der Waals surface area contributed by atoms with E-state index in [0.717, 1.165) is 19.3 Å². The minimum absolute atomic E-state index is 1.07. The molecule has 0 radical (unpaired) electrons. The molecule has 0 atom stereocenters. The molecule has 0 saturated carbocycles. The molecule has 0 N–H and O–H groups in total. The number of benzene rings is 7. The first-order valence-electron chi connectivity index (χ1n) is 10.6. The van der Waals surface area contributed by atoms with E-state index in [4.69, 9.17) is 0 Å². The van der Waals surface area contributed by atoms with Gasteiger partial charge in [0.05, 0.1) is 0 Å². The van der Waals surface area contributed by atoms with Crippen LogP contribution < -0.4 is 0 Å². The van der Waals surface area contributed by atoms with E-state index in [1.807, 2.05) is 6.08 Å². The number of allylic oxidation sites excluding steroid dienone is 1. The van der Waals surface area contributed by atoms with Crippen molar-refractivity contribution in [3.63, 3.8) is 0 Å². The van der Waals surface area contributed by atoms with E-state index in [1.54, 1.807) is 0 Å². The zero-order valence-corrected chi connectivity index (χ0v) is 16.3. The molecule has 0 aromatic heterocycles. The van der Waals surface area contributed by atoms with Crippen LogP contribution in [-0.4, -0.2) is 0 Å². The van der Waals surface area contributed by atoms with E-state index >= 15 is 0 Å². The van der Waals surface area contributed by atoms with Crippen LogP contribution in [0.1, 0.15) is 18.4 Å². The first-order valence-corrected chi connectivity index (χ1v) is 10.6. The second-order valence-corrected chi connectivity index (χ2v) is 8.46. The largest absolute Gasteiger partial charge is 0.103 e. The Balaban J connectivity index is 1.81. The molecule has 0 aliphatic carbocycles. The molecule has 0 heterocycles. The first-order chi connectivity index (χ1) is 14.3. The van der Waals surface area contributed by atoms with Gasteiger partial charge in [-0.25, -0.2) is 0 Å². The Labute approximate surface area is 169 Å². The molecule has 0 aliphatic rings. The maximum atomic E-state index is 3.90. The van der Waals surface area contributed by atoms with Gasteiger partial charge < -0.3 is 0 Å². The van der Waals surface area contributed by atoms with Crippen LogP contribution >= 0.6 is 0 Å². The summed E-state index contributed by atoms with van der Waals surface area (Å²) in [5.41, 5.74) is 1.47. The lowest BCUT2D eigenvalue weighted by Crippen LogP contribution is -1.95. The summed E-state index contributed by atoms with van der Waals surface area (Å²) in [6, 6.07) is 25.5. The van der Waals surface area contributed by atoms with Gasteiger partial charge >= 0.3 is 0 Å². The van der Waals surface area contributed by atoms with Gasteiger partial charge in [0.15, 0.2) is 0 Å². The summed E-state index contributed by atoms with van der Waals surface area (Å²) in [5.74, 6) is 0. The molecule has 0 saturated heterocycles. The van der Waals surface area contributed by atoms with Gasteiger partial charge in [-0.15, -0.1) is 6.58 Å². The van der Waals surface area contributed by atoms with Crippen LogP contribution in [0.2, 0.25) is 0 Å². The fourth-order valence-corrected chi connectivity index (χ4v) is 5.71. The van der Waals surface area contributed by atoms with Crippen LogP contribution in [-0.2, 0) is 6.42 Å².